The number of hydrogen-bond donors (Lipinski definition) is 0. The van der Waals surface area contributed by atoms with Gasteiger partial charge in [0.15, 0.2) is 11.4 Å². The van der Waals surface area contributed by atoms with Gasteiger partial charge >= 0.3 is 0 Å². The van der Waals surface area contributed by atoms with E-state index in [1.165, 1.54) is 0 Å². The van der Waals surface area contributed by atoms with Crippen molar-refractivity contribution in [3.8, 4) is 0 Å². The highest BCUT2D eigenvalue weighted by atomic mass is 16.6. The standard InChI is InChI=1S/C18H25O5/c19-14-13-15(5-1-9-20-15)17(7-3-11-22-17)18(8-4-12-23-18)16(14)6-2-10-21-16/h13H,1-12H2/t15-,16-,17+,18-/m0/s1. The summed E-state index contributed by atoms with van der Waals surface area (Å²) in [6, 6.07) is 0. The van der Waals surface area contributed by atoms with Crippen molar-refractivity contribution in [3.05, 3.63) is 11.8 Å². The van der Waals surface area contributed by atoms with Crippen LogP contribution in [-0.2, 0) is 24.1 Å². The van der Waals surface area contributed by atoms with Gasteiger partial charge in [0.2, 0.25) is 0 Å². The Morgan fingerprint density at radius 1 is 0.696 bits per heavy atom. The van der Waals surface area contributed by atoms with Crippen LogP contribution in [0.2, 0.25) is 0 Å². The van der Waals surface area contributed by atoms with E-state index in [-0.39, 0.29) is 5.76 Å². The topological polar surface area (TPSA) is 56.8 Å². The fourth-order valence-electron chi connectivity index (χ4n) is 6.13. The molecule has 127 valence electrons. The van der Waals surface area contributed by atoms with Gasteiger partial charge in [0.05, 0.1) is 0 Å². The molecule has 5 aliphatic rings. The van der Waals surface area contributed by atoms with E-state index in [4.69, 9.17) is 18.9 Å². The molecule has 0 aromatic heterocycles. The lowest BCUT2D eigenvalue weighted by atomic mass is 9.55. The fourth-order valence-corrected chi connectivity index (χ4v) is 6.13. The Morgan fingerprint density at radius 2 is 1.30 bits per heavy atom. The average molecular weight is 321 g/mol. The molecule has 4 heterocycles. The van der Waals surface area contributed by atoms with Crippen LogP contribution in [0.25, 0.3) is 0 Å². The predicted octanol–water partition coefficient (Wildman–Crippen LogP) is 2.51. The van der Waals surface area contributed by atoms with Crippen molar-refractivity contribution in [2.75, 3.05) is 26.4 Å². The third-order valence-corrected chi connectivity index (χ3v) is 6.87. The molecule has 23 heavy (non-hydrogen) atoms. The van der Waals surface area contributed by atoms with Crippen LogP contribution in [0.3, 0.4) is 0 Å². The summed E-state index contributed by atoms with van der Waals surface area (Å²) in [5.74, 6) is 0.0694. The van der Waals surface area contributed by atoms with Gasteiger partial charge in [0, 0.05) is 26.4 Å². The van der Waals surface area contributed by atoms with E-state index in [0.717, 1.165) is 51.4 Å². The maximum Gasteiger partial charge on any atom is 0.189 e. The molecule has 4 fully saturated rings. The van der Waals surface area contributed by atoms with Crippen LogP contribution in [0, 0.1) is 0 Å². The first-order valence-electron chi connectivity index (χ1n) is 9.17. The van der Waals surface area contributed by atoms with Crippen LogP contribution in [-0.4, -0.2) is 48.8 Å². The van der Waals surface area contributed by atoms with Crippen molar-refractivity contribution >= 4 is 0 Å². The first-order chi connectivity index (χ1) is 11.2. The minimum absolute atomic E-state index is 0.0694. The largest absolute Gasteiger partial charge is 0.368 e. The molecule has 0 amide bonds. The minimum atomic E-state index is -0.856. The van der Waals surface area contributed by atoms with Crippen LogP contribution in [0.5, 0.6) is 0 Å². The molecular weight excluding hydrogens is 296 g/mol. The van der Waals surface area contributed by atoms with Gasteiger partial charge in [-0.3, -0.25) is 5.11 Å². The molecule has 0 bridgehead atoms. The summed E-state index contributed by atoms with van der Waals surface area (Å²) in [6.45, 7) is 2.72. The van der Waals surface area contributed by atoms with Gasteiger partial charge in [0.1, 0.15) is 16.8 Å². The van der Waals surface area contributed by atoms with Crippen molar-refractivity contribution in [1.29, 1.82) is 0 Å². The molecule has 5 heteroatoms. The van der Waals surface area contributed by atoms with E-state index >= 15 is 0 Å². The molecule has 4 atom stereocenters. The lowest BCUT2D eigenvalue weighted by Gasteiger charge is -2.61. The third kappa shape index (κ3) is 1.49. The molecular formula is C18H25O5. The number of fused-ring (bicyclic) bond motifs is 3. The van der Waals surface area contributed by atoms with Crippen LogP contribution in [0.15, 0.2) is 11.8 Å². The molecule has 1 radical (unpaired) electrons. The van der Waals surface area contributed by atoms with Gasteiger partial charge in [-0.05, 0) is 57.4 Å². The van der Waals surface area contributed by atoms with Crippen molar-refractivity contribution in [2.24, 2.45) is 0 Å². The van der Waals surface area contributed by atoms with Crippen molar-refractivity contribution in [2.45, 2.75) is 73.8 Å². The van der Waals surface area contributed by atoms with Gasteiger partial charge in [-0.25, -0.2) is 0 Å². The number of hydrogen-bond acceptors (Lipinski definition) is 4. The van der Waals surface area contributed by atoms with E-state index in [0.29, 0.717) is 26.4 Å². The van der Waals surface area contributed by atoms with E-state index in [2.05, 4.69) is 0 Å². The van der Waals surface area contributed by atoms with Gasteiger partial charge < -0.3 is 18.9 Å². The lowest BCUT2D eigenvalue weighted by Crippen LogP contribution is -2.77. The highest BCUT2D eigenvalue weighted by molar-refractivity contribution is 5.41. The molecule has 0 N–H and O–H groups in total. The fraction of sp³-hybridized carbons (Fsp3) is 0.889. The Balaban J connectivity index is 1.77. The summed E-state index contributed by atoms with van der Waals surface area (Å²) in [4.78, 5) is 0. The number of rotatable bonds is 0. The average Bonchev–Trinajstić information content (AvgIpc) is 3.30. The summed E-state index contributed by atoms with van der Waals surface area (Å²) in [5, 5.41) is 13.3. The lowest BCUT2D eigenvalue weighted by molar-refractivity contribution is -0.306. The molecule has 1 aliphatic carbocycles. The van der Waals surface area contributed by atoms with E-state index in [1.54, 1.807) is 0 Å². The van der Waals surface area contributed by atoms with Crippen molar-refractivity contribution in [3.63, 3.8) is 0 Å². The summed E-state index contributed by atoms with van der Waals surface area (Å²) in [5.41, 5.74) is -2.72. The van der Waals surface area contributed by atoms with Crippen LogP contribution >= 0.6 is 0 Å². The molecule has 0 saturated carbocycles. The highest BCUT2D eigenvalue weighted by Crippen LogP contribution is 2.65. The molecule has 0 aromatic carbocycles. The Bertz CT molecular complexity index is 516. The molecule has 5 rings (SSSR count). The summed E-state index contributed by atoms with van der Waals surface area (Å²) in [6.07, 6.45) is 8.97. The molecule has 4 aliphatic heterocycles. The third-order valence-electron chi connectivity index (χ3n) is 6.87. The Morgan fingerprint density at radius 3 is 1.87 bits per heavy atom. The first kappa shape index (κ1) is 14.7. The zero-order valence-electron chi connectivity index (χ0n) is 13.6. The van der Waals surface area contributed by atoms with Gasteiger partial charge in [-0.2, -0.15) is 0 Å². The van der Waals surface area contributed by atoms with Crippen LogP contribution < -0.4 is 0 Å². The second kappa shape index (κ2) is 4.72. The van der Waals surface area contributed by atoms with E-state index in [9.17, 15) is 5.11 Å². The van der Waals surface area contributed by atoms with Crippen LogP contribution in [0.1, 0.15) is 51.4 Å². The zero-order chi connectivity index (χ0) is 15.6. The molecule has 0 aromatic rings. The monoisotopic (exact) mass is 321 g/mol. The number of ether oxygens (including phenoxy) is 4. The minimum Gasteiger partial charge on any atom is -0.368 e. The maximum absolute atomic E-state index is 13.3. The summed E-state index contributed by atoms with van der Waals surface area (Å²) >= 11 is 0. The molecule has 0 unspecified atom stereocenters. The Labute approximate surface area is 136 Å². The Kier molecular flexibility index (Phi) is 3.02. The predicted molar refractivity (Wildman–Crippen MR) is 80.4 cm³/mol. The maximum atomic E-state index is 13.3. The van der Waals surface area contributed by atoms with Crippen LogP contribution in [0.4, 0.5) is 0 Å². The van der Waals surface area contributed by atoms with Gasteiger partial charge in [0.25, 0.3) is 0 Å². The summed E-state index contributed by atoms with van der Waals surface area (Å²) in [7, 11) is 0. The molecule has 4 spiro atoms. The highest BCUT2D eigenvalue weighted by Gasteiger charge is 2.79. The zero-order valence-corrected chi connectivity index (χ0v) is 13.6. The Hall–Kier alpha value is -0.620. The second-order valence-electron chi connectivity index (χ2n) is 7.69. The molecule has 4 saturated heterocycles. The summed E-state index contributed by atoms with van der Waals surface area (Å²) < 4.78 is 25.3. The van der Waals surface area contributed by atoms with Gasteiger partial charge in [-0.15, -0.1) is 0 Å². The van der Waals surface area contributed by atoms with E-state index < -0.39 is 22.4 Å². The first-order valence-corrected chi connectivity index (χ1v) is 9.17. The van der Waals surface area contributed by atoms with Crippen molar-refractivity contribution in [1.82, 2.24) is 0 Å². The SMILES string of the molecule is [O]C1=C[C@@]2(CCCO2)[C@]2(CCCO2)[C@]2(CCCO2)[C@]12CCCO2. The van der Waals surface area contributed by atoms with E-state index in [1.807, 2.05) is 6.08 Å². The molecule has 5 nitrogen and oxygen atoms in total. The smallest absolute Gasteiger partial charge is 0.189 e. The van der Waals surface area contributed by atoms with Crippen molar-refractivity contribution < 1.29 is 24.1 Å². The normalized spacial score (nSPS) is 52.4. The van der Waals surface area contributed by atoms with Gasteiger partial charge in [-0.1, -0.05) is 0 Å². The second-order valence-corrected chi connectivity index (χ2v) is 7.69. The quantitative estimate of drug-likeness (QED) is 0.688.